The number of carbonyl (C=O) groups excluding carboxylic acids is 1. The molecule has 3 heterocycles. The molecule has 3 aliphatic rings. The minimum absolute atomic E-state index is 0.167. The fourth-order valence-corrected chi connectivity index (χ4v) is 6.05. The van der Waals surface area contributed by atoms with E-state index in [0.717, 1.165) is 11.1 Å². The smallest absolute Gasteiger partial charge is 0.316 e. The van der Waals surface area contributed by atoms with Crippen molar-refractivity contribution in [3.8, 4) is 17.2 Å². The van der Waals surface area contributed by atoms with Gasteiger partial charge in [-0.3, -0.25) is 9.78 Å². The minimum Gasteiger partial charge on any atom is -0.462 e. The first-order valence-electron chi connectivity index (χ1n) is 11.7. The second-order valence-corrected chi connectivity index (χ2v) is 9.92. The molecule has 5 rings (SSSR count). The Bertz CT molecular complexity index is 1220. The number of nitriles is 1. The molecule has 2 aliphatic heterocycles. The van der Waals surface area contributed by atoms with Crippen LogP contribution in [0.25, 0.3) is 17.2 Å². The maximum absolute atomic E-state index is 15.3. The van der Waals surface area contributed by atoms with Gasteiger partial charge in [0, 0.05) is 35.6 Å². The average molecular weight is 481 g/mol. The molecule has 2 aromatic rings. The van der Waals surface area contributed by atoms with Crippen molar-refractivity contribution in [3.63, 3.8) is 0 Å². The van der Waals surface area contributed by atoms with Gasteiger partial charge < -0.3 is 14.6 Å². The third kappa shape index (κ3) is 3.48. The highest BCUT2D eigenvalue weighted by molar-refractivity contribution is 5.82. The van der Waals surface area contributed by atoms with Gasteiger partial charge in [0.25, 0.3) is 5.92 Å². The maximum atomic E-state index is 15.3. The summed E-state index contributed by atoms with van der Waals surface area (Å²) >= 11 is 0. The first-order valence-corrected chi connectivity index (χ1v) is 11.7. The molecule has 1 aliphatic carbocycles. The van der Waals surface area contributed by atoms with Crippen LogP contribution in [0.4, 0.5) is 8.78 Å². The van der Waals surface area contributed by atoms with Crippen molar-refractivity contribution < 1.29 is 28.2 Å². The molecule has 0 spiro atoms. The zero-order valence-corrected chi connectivity index (χ0v) is 19.4. The highest BCUT2D eigenvalue weighted by atomic mass is 19.3. The Labute approximate surface area is 202 Å². The normalized spacial score (nSPS) is 33.0. The molecule has 6 nitrogen and oxygen atoms in total. The molecule has 1 saturated carbocycles. The quantitative estimate of drug-likeness (QED) is 0.659. The summed E-state index contributed by atoms with van der Waals surface area (Å²) in [5, 5.41) is 20.5. The summed E-state index contributed by atoms with van der Waals surface area (Å²) in [5.74, 6) is -6.38. The monoisotopic (exact) mass is 480 g/mol. The van der Waals surface area contributed by atoms with E-state index in [9.17, 15) is 15.2 Å². The van der Waals surface area contributed by atoms with Gasteiger partial charge in [-0.1, -0.05) is 37.3 Å². The van der Waals surface area contributed by atoms with Crippen molar-refractivity contribution in [2.24, 2.45) is 23.2 Å². The van der Waals surface area contributed by atoms with Crippen LogP contribution in [0, 0.1) is 34.5 Å². The number of aliphatic hydroxyl groups is 1. The second kappa shape index (κ2) is 8.21. The SMILES string of the molecule is C[C@H]1OC(=O)[C@]2(C3(O)COC3)CC(F)(F)[C@@H](C)[C@H](C=Cc3ccc(-c4ccccc4C#N)cn3)[C@H]12. The van der Waals surface area contributed by atoms with Crippen LogP contribution in [0.1, 0.15) is 31.5 Å². The van der Waals surface area contributed by atoms with E-state index in [4.69, 9.17) is 9.47 Å². The highest BCUT2D eigenvalue weighted by Gasteiger charge is 2.76. The van der Waals surface area contributed by atoms with Crippen molar-refractivity contribution in [3.05, 3.63) is 59.9 Å². The predicted octanol–water partition coefficient (Wildman–Crippen LogP) is 4.23. The van der Waals surface area contributed by atoms with E-state index < -0.39 is 53.2 Å². The van der Waals surface area contributed by atoms with Gasteiger partial charge >= 0.3 is 5.97 Å². The van der Waals surface area contributed by atoms with Crippen molar-refractivity contribution in [1.82, 2.24) is 4.98 Å². The number of pyridine rings is 1. The fraction of sp³-hybridized carbons (Fsp3) is 0.444. The molecule has 35 heavy (non-hydrogen) atoms. The number of hydrogen-bond donors (Lipinski definition) is 1. The van der Waals surface area contributed by atoms with Crippen molar-refractivity contribution in [1.29, 1.82) is 5.26 Å². The first-order chi connectivity index (χ1) is 16.6. The summed E-state index contributed by atoms with van der Waals surface area (Å²) in [6.45, 7) is 2.84. The summed E-state index contributed by atoms with van der Waals surface area (Å²) < 4.78 is 41.3. The Kier molecular flexibility index (Phi) is 5.53. The highest BCUT2D eigenvalue weighted by Crippen LogP contribution is 2.64. The number of halogens is 2. The number of ether oxygens (including phenoxy) is 2. The lowest BCUT2D eigenvalue weighted by atomic mass is 9.50. The molecule has 0 radical (unpaired) electrons. The van der Waals surface area contributed by atoms with Gasteiger partial charge in [-0.15, -0.1) is 0 Å². The number of benzene rings is 1. The molecule has 0 unspecified atom stereocenters. The molecule has 0 amide bonds. The number of alkyl halides is 2. The number of aromatic nitrogens is 1. The lowest BCUT2D eigenvalue weighted by Crippen LogP contribution is -2.70. The van der Waals surface area contributed by atoms with E-state index in [1.165, 1.54) is 6.92 Å². The molecule has 2 saturated heterocycles. The zero-order chi connectivity index (χ0) is 25.0. The van der Waals surface area contributed by atoms with Gasteiger partial charge in [-0.2, -0.15) is 5.26 Å². The van der Waals surface area contributed by atoms with Gasteiger partial charge in [0.1, 0.15) is 17.1 Å². The Hall–Kier alpha value is -3.15. The topological polar surface area (TPSA) is 92.4 Å². The summed E-state index contributed by atoms with van der Waals surface area (Å²) in [4.78, 5) is 17.4. The molecule has 0 bridgehead atoms. The largest absolute Gasteiger partial charge is 0.462 e. The van der Waals surface area contributed by atoms with Crippen LogP contribution in [0.2, 0.25) is 0 Å². The zero-order valence-electron chi connectivity index (χ0n) is 19.4. The van der Waals surface area contributed by atoms with Gasteiger partial charge in [0.2, 0.25) is 0 Å². The van der Waals surface area contributed by atoms with E-state index in [2.05, 4.69) is 11.1 Å². The van der Waals surface area contributed by atoms with Gasteiger partial charge in [0.15, 0.2) is 0 Å². The van der Waals surface area contributed by atoms with Crippen LogP contribution in [-0.4, -0.2) is 46.9 Å². The number of carbonyl (C=O) groups is 1. The van der Waals surface area contributed by atoms with Crippen LogP contribution < -0.4 is 0 Å². The lowest BCUT2D eigenvalue weighted by Gasteiger charge is -2.56. The Morgan fingerprint density at radius 2 is 1.94 bits per heavy atom. The third-order valence-electron chi connectivity index (χ3n) is 8.05. The number of hydrogen-bond acceptors (Lipinski definition) is 6. The van der Waals surface area contributed by atoms with Crippen molar-refractivity contribution >= 4 is 12.0 Å². The number of esters is 1. The summed E-state index contributed by atoms with van der Waals surface area (Å²) in [6, 6.07) is 12.9. The van der Waals surface area contributed by atoms with Gasteiger partial charge in [-0.05, 0) is 31.1 Å². The summed E-state index contributed by atoms with van der Waals surface area (Å²) in [5.41, 5.74) is -0.790. The summed E-state index contributed by atoms with van der Waals surface area (Å²) in [6.07, 6.45) is 3.59. The van der Waals surface area contributed by atoms with E-state index in [-0.39, 0.29) is 13.2 Å². The Balaban J connectivity index is 1.48. The molecule has 1 N–H and O–H groups in total. The van der Waals surface area contributed by atoms with Crippen LogP contribution >= 0.6 is 0 Å². The summed E-state index contributed by atoms with van der Waals surface area (Å²) in [7, 11) is 0. The first kappa shape index (κ1) is 23.6. The molecular formula is C27H26F2N2O4. The molecule has 3 fully saturated rings. The average Bonchev–Trinajstić information content (AvgIpc) is 3.07. The van der Waals surface area contributed by atoms with Crippen molar-refractivity contribution in [2.75, 3.05) is 13.2 Å². The van der Waals surface area contributed by atoms with E-state index in [1.807, 2.05) is 18.2 Å². The maximum Gasteiger partial charge on any atom is 0.316 e. The molecule has 8 heteroatoms. The van der Waals surface area contributed by atoms with E-state index >= 15 is 8.78 Å². The molecule has 1 aromatic heterocycles. The molecule has 182 valence electrons. The van der Waals surface area contributed by atoms with E-state index in [1.54, 1.807) is 43.5 Å². The van der Waals surface area contributed by atoms with Crippen LogP contribution in [0.5, 0.6) is 0 Å². The molecule has 5 atom stereocenters. The van der Waals surface area contributed by atoms with Gasteiger partial charge in [-0.25, -0.2) is 8.78 Å². The minimum atomic E-state index is -3.18. The Morgan fingerprint density at radius 3 is 2.57 bits per heavy atom. The predicted molar refractivity (Wildman–Crippen MR) is 123 cm³/mol. The number of rotatable bonds is 4. The molecular weight excluding hydrogens is 454 g/mol. The number of nitrogens with zero attached hydrogens (tertiary/aromatic N) is 2. The molecule has 1 aromatic carbocycles. The van der Waals surface area contributed by atoms with Crippen LogP contribution in [-0.2, 0) is 14.3 Å². The van der Waals surface area contributed by atoms with Crippen LogP contribution in [0.15, 0.2) is 48.7 Å². The fourth-order valence-electron chi connectivity index (χ4n) is 6.05. The van der Waals surface area contributed by atoms with Crippen molar-refractivity contribution in [2.45, 2.75) is 37.9 Å². The number of fused-ring (bicyclic) bond motifs is 1. The standard InChI is InChI=1S/C27H26F2N2O4/c1-16-21(10-9-20-8-7-19(12-31-20)22-6-4-3-5-18(22)11-30)23-17(2)35-24(32)26(23,13-27(16,28)29)25(33)14-34-15-25/h3-10,12,16-17,21,23,33H,13-15H2,1-2H3/t16-,17+,21-,23-,26-/m0/s1. The van der Waals surface area contributed by atoms with E-state index in [0.29, 0.717) is 11.3 Å². The van der Waals surface area contributed by atoms with Crippen LogP contribution in [0.3, 0.4) is 0 Å². The van der Waals surface area contributed by atoms with Gasteiger partial charge in [0.05, 0.1) is 30.5 Å². The Morgan fingerprint density at radius 1 is 1.20 bits per heavy atom. The third-order valence-corrected chi connectivity index (χ3v) is 8.05. The lowest BCUT2D eigenvalue weighted by molar-refractivity contribution is -0.281. The second-order valence-electron chi connectivity index (χ2n) is 9.92. The number of allylic oxidation sites excluding steroid dienone is 1. The number of cyclic esters (lactones) is 1.